The highest BCUT2D eigenvalue weighted by atomic mass is 32.2. The lowest BCUT2D eigenvalue weighted by Crippen LogP contribution is -2.39. The van der Waals surface area contributed by atoms with Gasteiger partial charge in [-0.25, -0.2) is 0 Å². The number of fused-ring (bicyclic) bond motifs is 1. The Balaban J connectivity index is 1.44. The van der Waals surface area contributed by atoms with Gasteiger partial charge in [0.25, 0.3) is 0 Å². The number of piperidine rings is 1. The van der Waals surface area contributed by atoms with Crippen molar-refractivity contribution in [2.45, 2.75) is 37.0 Å². The van der Waals surface area contributed by atoms with Crippen molar-refractivity contribution in [2.24, 2.45) is 5.92 Å². The highest BCUT2D eigenvalue weighted by Gasteiger charge is 2.26. The topological polar surface area (TPSA) is 15.3 Å². The predicted molar refractivity (Wildman–Crippen MR) is 92.2 cm³/mol. The molecule has 2 aliphatic rings. The molecule has 0 saturated carbocycles. The highest BCUT2D eigenvalue weighted by molar-refractivity contribution is 7.99. The first-order valence-corrected chi connectivity index (χ1v) is 9.50. The molecule has 0 radical (unpaired) electrons. The molecule has 0 aliphatic carbocycles. The van der Waals surface area contributed by atoms with E-state index in [0.29, 0.717) is 0 Å². The molecule has 1 aromatic carbocycles. The second-order valence-electron chi connectivity index (χ2n) is 6.49. The number of benzene rings is 1. The fraction of sp³-hybridized carbons (Fsp3) is 0.667. The van der Waals surface area contributed by atoms with Crippen molar-refractivity contribution in [1.82, 2.24) is 10.2 Å². The van der Waals surface area contributed by atoms with E-state index in [2.05, 4.69) is 41.4 Å². The minimum Gasteiger partial charge on any atom is -0.316 e. The van der Waals surface area contributed by atoms with E-state index in [1.807, 2.05) is 11.8 Å². The maximum Gasteiger partial charge on any atom is 0.0108 e. The first kappa shape index (κ1) is 15.4. The summed E-state index contributed by atoms with van der Waals surface area (Å²) in [6.45, 7) is 8.50. The quantitative estimate of drug-likeness (QED) is 0.809. The third kappa shape index (κ3) is 4.02. The van der Waals surface area contributed by atoms with E-state index >= 15 is 0 Å². The van der Waals surface area contributed by atoms with Crippen LogP contribution in [0.25, 0.3) is 0 Å². The van der Waals surface area contributed by atoms with Crippen LogP contribution in [0.15, 0.2) is 29.2 Å². The van der Waals surface area contributed by atoms with Gasteiger partial charge in [0.2, 0.25) is 0 Å². The van der Waals surface area contributed by atoms with Crippen LogP contribution in [0, 0.1) is 5.92 Å². The number of hydrogen-bond donors (Lipinski definition) is 1. The van der Waals surface area contributed by atoms with Gasteiger partial charge >= 0.3 is 0 Å². The molecule has 1 atom stereocenters. The Bertz CT molecular complexity index is 441. The van der Waals surface area contributed by atoms with Gasteiger partial charge in [-0.1, -0.05) is 25.1 Å². The Labute approximate surface area is 133 Å². The van der Waals surface area contributed by atoms with Gasteiger partial charge in [0, 0.05) is 23.1 Å². The summed E-state index contributed by atoms with van der Waals surface area (Å²) in [6, 6.07) is 8.99. The molecule has 21 heavy (non-hydrogen) atoms. The third-order valence-corrected chi connectivity index (χ3v) is 6.10. The van der Waals surface area contributed by atoms with Gasteiger partial charge in [0.05, 0.1) is 0 Å². The second-order valence-corrected chi connectivity index (χ2v) is 7.56. The van der Waals surface area contributed by atoms with Gasteiger partial charge in [-0.3, -0.25) is 0 Å². The normalized spacial score (nSPS) is 23.4. The second kappa shape index (κ2) is 7.66. The van der Waals surface area contributed by atoms with Crippen LogP contribution in [-0.4, -0.2) is 43.4 Å². The summed E-state index contributed by atoms with van der Waals surface area (Å²) in [6.07, 6.45) is 3.99. The lowest BCUT2D eigenvalue weighted by atomic mass is 9.94. The summed E-state index contributed by atoms with van der Waals surface area (Å²) < 4.78 is 0. The molecule has 3 heteroatoms. The van der Waals surface area contributed by atoms with Crippen molar-refractivity contribution in [3.63, 3.8) is 0 Å². The summed E-state index contributed by atoms with van der Waals surface area (Å²) in [4.78, 5) is 4.21. The van der Waals surface area contributed by atoms with Gasteiger partial charge in [-0.2, -0.15) is 0 Å². The molecule has 0 bridgehead atoms. The summed E-state index contributed by atoms with van der Waals surface area (Å²) in [5.41, 5.74) is 1.59. The van der Waals surface area contributed by atoms with Crippen LogP contribution in [-0.2, 0) is 0 Å². The molecule has 2 aliphatic heterocycles. The van der Waals surface area contributed by atoms with Gasteiger partial charge in [0.15, 0.2) is 0 Å². The SMILES string of the molecule is CCCNCC1CCN(CC2CSc3ccccc32)CC1. The Hall–Kier alpha value is -0.510. The van der Waals surface area contributed by atoms with Crippen molar-refractivity contribution in [2.75, 3.05) is 38.5 Å². The predicted octanol–water partition coefficient (Wildman–Crippen LogP) is 3.59. The summed E-state index contributed by atoms with van der Waals surface area (Å²) >= 11 is 2.04. The molecule has 0 aromatic heterocycles. The van der Waals surface area contributed by atoms with Crippen LogP contribution in [0.3, 0.4) is 0 Å². The Morgan fingerprint density at radius 3 is 2.86 bits per heavy atom. The van der Waals surface area contributed by atoms with E-state index in [4.69, 9.17) is 0 Å². The Kier molecular flexibility index (Phi) is 5.61. The molecule has 0 spiro atoms. The zero-order valence-electron chi connectivity index (χ0n) is 13.2. The number of rotatable bonds is 6. The molecule has 1 unspecified atom stereocenters. The summed E-state index contributed by atoms with van der Waals surface area (Å²) in [7, 11) is 0. The van der Waals surface area contributed by atoms with Gasteiger partial charge < -0.3 is 10.2 Å². The van der Waals surface area contributed by atoms with Crippen LogP contribution < -0.4 is 5.32 Å². The molecule has 1 saturated heterocycles. The van der Waals surface area contributed by atoms with Crippen LogP contribution >= 0.6 is 11.8 Å². The van der Waals surface area contributed by atoms with Crippen LogP contribution in [0.2, 0.25) is 0 Å². The van der Waals surface area contributed by atoms with E-state index in [-0.39, 0.29) is 0 Å². The molecular weight excluding hydrogens is 276 g/mol. The number of likely N-dealkylation sites (tertiary alicyclic amines) is 1. The molecule has 1 N–H and O–H groups in total. The van der Waals surface area contributed by atoms with E-state index in [1.54, 1.807) is 5.56 Å². The molecule has 0 amide bonds. The molecule has 1 fully saturated rings. The first-order chi connectivity index (χ1) is 10.4. The third-order valence-electron chi connectivity index (χ3n) is 4.84. The molecule has 1 aromatic rings. The van der Waals surface area contributed by atoms with Gasteiger partial charge in [-0.05, 0) is 63.0 Å². The van der Waals surface area contributed by atoms with Gasteiger partial charge in [0.1, 0.15) is 0 Å². The average Bonchev–Trinajstić information content (AvgIpc) is 2.93. The standard InChI is InChI=1S/C18H28N2S/c1-2-9-19-12-15-7-10-20(11-8-15)13-16-14-21-18-6-4-3-5-17(16)18/h3-6,15-16,19H,2,7-14H2,1H3. The zero-order chi connectivity index (χ0) is 14.5. The van der Waals surface area contributed by atoms with Crippen molar-refractivity contribution in [1.29, 1.82) is 0 Å². The van der Waals surface area contributed by atoms with Gasteiger partial charge in [-0.15, -0.1) is 11.8 Å². The maximum atomic E-state index is 3.58. The maximum absolute atomic E-state index is 3.58. The molecule has 116 valence electrons. The highest BCUT2D eigenvalue weighted by Crippen LogP contribution is 2.39. The smallest absolute Gasteiger partial charge is 0.0108 e. The number of nitrogens with zero attached hydrogens (tertiary/aromatic N) is 1. The lowest BCUT2D eigenvalue weighted by Gasteiger charge is -2.33. The van der Waals surface area contributed by atoms with Crippen molar-refractivity contribution in [3.05, 3.63) is 29.8 Å². The van der Waals surface area contributed by atoms with E-state index in [0.717, 1.165) is 11.8 Å². The zero-order valence-corrected chi connectivity index (χ0v) is 14.0. The molecule has 2 nitrogen and oxygen atoms in total. The minimum atomic E-state index is 0.751. The summed E-state index contributed by atoms with van der Waals surface area (Å²) in [5, 5.41) is 3.58. The Morgan fingerprint density at radius 1 is 1.24 bits per heavy atom. The number of thioether (sulfide) groups is 1. The van der Waals surface area contributed by atoms with Crippen LogP contribution in [0.4, 0.5) is 0 Å². The van der Waals surface area contributed by atoms with Crippen molar-refractivity contribution in [3.8, 4) is 0 Å². The van der Waals surface area contributed by atoms with E-state index < -0.39 is 0 Å². The minimum absolute atomic E-state index is 0.751. The largest absolute Gasteiger partial charge is 0.316 e. The average molecular weight is 305 g/mol. The van der Waals surface area contributed by atoms with Crippen molar-refractivity contribution < 1.29 is 0 Å². The molecule has 3 rings (SSSR count). The summed E-state index contributed by atoms with van der Waals surface area (Å²) in [5.74, 6) is 2.93. The van der Waals surface area contributed by atoms with E-state index in [1.165, 1.54) is 62.6 Å². The number of hydrogen-bond acceptors (Lipinski definition) is 3. The van der Waals surface area contributed by atoms with Crippen LogP contribution in [0.1, 0.15) is 37.7 Å². The fourth-order valence-corrected chi connectivity index (χ4v) is 4.79. The lowest BCUT2D eigenvalue weighted by molar-refractivity contribution is 0.176. The first-order valence-electron chi connectivity index (χ1n) is 8.51. The Morgan fingerprint density at radius 2 is 2.05 bits per heavy atom. The fourth-order valence-electron chi connectivity index (χ4n) is 3.55. The monoisotopic (exact) mass is 304 g/mol. The molecular formula is C18H28N2S. The van der Waals surface area contributed by atoms with E-state index in [9.17, 15) is 0 Å². The number of nitrogens with one attached hydrogen (secondary N) is 1. The van der Waals surface area contributed by atoms with Crippen molar-refractivity contribution >= 4 is 11.8 Å². The molecule has 2 heterocycles. The van der Waals surface area contributed by atoms with Crippen LogP contribution in [0.5, 0.6) is 0 Å².